The fraction of sp³-hybridized carbons (Fsp3) is 0.889. The molecule has 1 saturated carbocycles. The average molecular weight is 153 g/mol. The van der Waals surface area contributed by atoms with Crippen molar-refractivity contribution in [3.63, 3.8) is 0 Å². The Morgan fingerprint density at radius 2 is 2.18 bits per heavy atom. The minimum absolute atomic E-state index is 0.184. The Balaban J connectivity index is 2.55. The largest absolute Gasteiger partial charge is 0.393 e. The van der Waals surface area contributed by atoms with Gasteiger partial charge in [0.15, 0.2) is 0 Å². The second-order valence-electron chi connectivity index (χ2n) is 4.06. The van der Waals surface area contributed by atoms with Gasteiger partial charge in [-0.3, -0.25) is 0 Å². The second kappa shape index (κ2) is 2.49. The van der Waals surface area contributed by atoms with Crippen LogP contribution in [-0.2, 0) is 0 Å². The van der Waals surface area contributed by atoms with Crippen molar-refractivity contribution in [3.8, 4) is 6.07 Å². The molecular formula is C9H15NO. The van der Waals surface area contributed by atoms with Gasteiger partial charge < -0.3 is 5.11 Å². The first-order valence-corrected chi connectivity index (χ1v) is 4.06. The third-order valence-corrected chi connectivity index (χ3v) is 2.97. The van der Waals surface area contributed by atoms with Gasteiger partial charge in [0, 0.05) is 6.42 Å². The van der Waals surface area contributed by atoms with Gasteiger partial charge in [0.05, 0.1) is 12.2 Å². The van der Waals surface area contributed by atoms with Crippen molar-refractivity contribution in [2.24, 2.45) is 17.3 Å². The molecule has 0 spiro atoms. The molecule has 2 heteroatoms. The fourth-order valence-electron chi connectivity index (χ4n) is 2.23. The SMILES string of the molecule is CC(O)[C@H]1[C@@H](CC#N)C1(C)C. The molecule has 0 heterocycles. The molecule has 1 unspecified atom stereocenters. The van der Waals surface area contributed by atoms with Gasteiger partial charge in [-0.05, 0) is 24.2 Å². The van der Waals surface area contributed by atoms with Crippen molar-refractivity contribution in [1.29, 1.82) is 5.26 Å². The van der Waals surface area contributed by atoms with E-state index in [1.54, 1.807) is 0 Å². The molecule has 3 atom stereocenters. The van der Waals surface area contributed by atoms with Gasteiger partial charge >= 0.3 is 0 Å². The molecule has 0 amide bonds. The molecule has 1 aliphatic carbocycles. The lowest BCUT2D eigenvalue weighted by atomic mass is 10.1. The van der Waals surface area contributed by atoms with E-state index < -0.39 is 0 Å². The summed E-state index contributed by atoms with van der Waals surface area (Å²) in [6.07, 6.45) is 0.325. The first-order chi connectivity index (χ1) is 5.01. The minimum Gasteiger partial charge on any atom is -0.393 e. The predicted molar refractivity (Wildman–Crippen MR) is 42.7 cm³/mol. The van der Waals surface area contributed by atoms with E-state index >= 15 is 0 Å². The molecular weight excluding hydrogens is 138 g/mol. The van der Waals surface area contributed by atoms with Crippen molar-refractivity contribution in [1.82, 2.24) is 0 Å². The van der Waals surface area contributed by atoms with E-state index in [1.165, 1.54) is 0 Å². The van der Waals surface area contributed by atoms with Crippen LogP contribution in [0.4, 0.5) is 0 Å². The number of aliphatic hydroxyl groups is 1. The van der Waals surface area contributed by atoms with E-state index in [1.807, 2.05) is 6.92 Å². The Bertz CT molecular complexity index is 190. The summed E-state index contributed by atoms with van der Waals surface area (Å²) >= 11 is 0. The molecule has 11 heavy (non-hydrogen) atoms. The van der Waals surface area contributed by atoms with Crippen molar-refractivity contribution >= 4 is 0 Å². The van der Waals surface area contributed by atoms with Crippen LogP contribution in [0.3, 0.4) is 0 Å². The van der Waals surface area contributed by atoms with Gasteiger partial charge in [-0.1, -0.05) is 13.8 Å². The molecule has 0 aromatic heterocycles. The van der Waals surface area contributed by atoms with Gasteiger partial charge in [-0.15, -0.1) is 0 Å². The van der Waals surface area contributed by atoms with Gasteiger partial charge in [0.2, 0.25) is 0 Å². The second-order valence-corrected chi connectivity index (χ2v) is 4.06. The van der Waals surface area contributed by atoms with E-state index in [4.69, 9.17) is 5.26 Å². The fourth-order valence-corrected chi connectivity index (χ4v) is 2.23. The van der Waals surface area contributed by atoms with Gasteiger partial charge in [0.25, 0.3) is 0 Å². The Labute approximate surface area is 67.8 Å². The molecule has 0 aromatic rings. The summed E-state index contributed by atoms with van der Waals surface area (Å²) in [4.78, 5) is 0. The Kier molecular flexibility index (Phi) is 1.94. The summed E-state index contributed by atoms with van der Waals surface area (Å²) in [5, 5.41) is 17.8. The van der Waals surface area contributed by atoms with Crippen LogP contribution in [0.2, 0.25) is 0 Å². The smallest absolute Gasteiger partial charge is 0.0625 e. The molecule has 0 aliphatic heterocycles. The average Bonchev–Trinajstić information content (AvgIpc) is 2.35. The zero-order valence-electron chi connectivity index (χ0n) is 7.33. The van der Waals surface area contributed by atoms with Crippen molar-refractivity contribution in [3.05, 3.63) is 0 Å². The van der Waals surface area contributed by atoms with E-state index in [2.05, 4.69) is 19.9 Å². The summed E-state index contributed by atoms with van der Waals surface area (Å²) in [5.41, 5.74) is 0.184. The molecule has 1 N–H and O–H groups in total. The lowest BCUT2D eigenvalue weighted by molar-refractivity contribution is 0.153. The summed E-state index contributed by atoms with van der Waals surface area (Å²) in [7, 11) is 0. The molecule has 1 rings (SSSR count). The lowest BCUT2D eigenvalue weighted by Crippen LogP contribution is -2.07. The lowest BCUT2D eigenvalue weighted by Gasteiger charge is -2.03. The van der Waals surface area contributed by atoms with Crippen molar-refractivity contribution in [2.75, 3.05) is 0 Å². The van der Waals surface area contributed by atoms with Gasteiger partial charge in [0.1, 0.15) is 0 Å². The topological polar surface area (TPSA) is 44.0 Å². The van der Waals surface area contributed by atoms with Crippen molar-refractivity contribution < 1.29 is 5.11 Å². The molecule has 0 bridgehead atoms. The number of rotatable bonds is 2. The molecule has 0 radical (unpaired) electrons. The van der Waals surface area contributed by atoms with Crippen LogP contribution in [0.1, 0.15) is 27.2 Å². The maximum Gasteiger partial charge on any atom is 0.0625 e. The highest BCUT2D eigenvalue weighted by molar-refractivity contribution is 5.09. The monoisotopic (exact) mass is 153 g/mol. The number of aliphatic hydroxyl groups excluding tert-OH is 1. The molecule has 0 aromatic carbocycles. The highest BCUT2D eigenvalue weighted by Crippen LogP contribution is 2.61. The van der Waals surface area contributed by atoms with Crippen LogP contribution in [0.25, 0.3) is 0 Å². The Hall–Kier alpha value is -0.550. The maximum atomic E-state index is 9.32. The van der Waals surface area contributed by atoms with Crippen LogP contribution in [0.5, 0.6) is 0 Å². The first-order valence-electron chi connectivity index (χ1n) is 4.06. The number of hydrogen-bond acceptors (Lipinski definition) is 2. The van der Waals surface area contributed by atoms with Crippen LogP contribution in [0, 0.1) is 28.6 Å². The standard InChI is InChI=1S/C9H15NO/c1-6(11)8-7(4-5-10)9(8,2)3/h6-8,11H,4H2,1-3H3/t6?,7-,8+/m1/s1. The first kappa shape index (κ1) is 8.55. The van der Waals surface area contributed by atoms with E-state index in [0.717, 1.165) is 0 Å². The Morgan fingerprint density at radius 1 is 1.64 bits per heavy atom. The third kappa shape index (κ3) is 1.25. The van der Waals surface area contributed by atoms with E-state index in [0.29, 0.717) is 18.3 Å². The zero-order valence-corrected chi connectivity index (χ0v) is 7.33. The number of nitriles is 1. The van der Waals surface area contributed by atoms with E-state index in [9.17, 15) is 5.11 Å². The van der Waals surface area contributed by atoms with Gasteiger partial charge in [-0.25, -0.2) is 0 Å². The van der Waals surface area contributed by atoms with Crippen LogP contribution < -0.4 is 0 Å². The predicted octanol–water partition coefficient (Wildman–Crippen LogP) is 1.55. The zero-order chi connectivity index (χ0) is 8.65. The maximum absolute atomic E-state index is 9.32. The minimum atomic E-state index is -0.261. The summed E-state index contributed by atoms with van der Waals surface area (Å²) in [6, 6.07) is 2.16. The molecule has 1 aliphatic rings. The Morgan fingerprint density at radius 3 is 2.45 bits per heavy atom. The molecule has 2 nitrogen and oxygen atoms in total. The van der Waals surface area contributed by atoms with Crippen LogP contribution >= 0.6 is 0 Å². The highest BCUT2D eigenvalue weighted by atomic mass is 16.3. The molecule has 0 saturated heterocycles. The van der Waals surface area contributed by atoms with Crippen molar-refractivity contribution in [2.45, 2.75) is 33.3 Å². The van der Waals surface area contributed by atoms with Crippen LogP contribution in [0.15, 0.2) is 0 Å². The highest BCUT2D eigenvalue weighted by Gasteiger charge is 2.59. The summed E-state index contributed by atoms with van der Waals surface area (Å²) < 4.78 is 0. The number of nitrogens with zero attached hydrogens (tertiary/aromatic N) is 1. The van der Waals surface area contributed by atoms with E-state index in [-0.39, 0.29) is 11.5 Å². The molecule has 1 fully saturated rings. The van der Waals surface area contributed by atoms with Gasteiger partial charge in [-0.2, -0.15) is 5.26 Å². The number of hydrogen-bond donors (Lipinski definition) is 1. The molecule has 62 valence electrons. The quantitative estimate of drug-likeness (QED) is 0.654. The third-order valence-electron chi connectivity index (χ3n) is 2.97. The summed E-state index contributed by atoms with van der Waals surface area (Å²) in [6.45, 7) is 6.04. The van der Waals surface area contributed by atoms with Crippen LogP contribution in [-0.4, -0.2) is 11.2 Å². The summed E-state index contributed by atoms with van der Waals surface area (Å²) in [5.74, 6) is 0.745. The normalized spacial score (nSPS) is 35.9.